The van der Waals surface area contributed by atoms with Gasteiger partial charge in [0.05, 0.1) is 10.5 Å². The van der Waals surface area contributed by atoms with Gasteiger partial charge in [0.25, 0.3) is 0 Å². The van der Waals surface area contributed by atoms with E-state index in [-0.39, 0.29) is 41.4 Å². The van der Waals surface area contributed by atoms with Gasteiger partial charge in [-0.15, -0.1) is 12.4 Å². The highest BCUT2D eigenvalue weighted by Crippen LogP contribution is 2.34. The number of hydrogen-bond acceptors (Lipinski definition) is 3. The first-order chi connectivity index (χ1) is 10.6. The predicted octanol–water partition coefficient (Wildman–Crippen LogP) is 3.18. The van der Waals surface area contributed by atoms with Gasteiger partial charge in [-0.2, -0.15) is 17.5 Å². The summed E-state index contributed by atoms with van der Waals surface area (Å²) in [4.78, 5) is -0.0851. The fourth-order valence-electron chi connectivity index (χ4n) is 3.10. The molecule has 0 radical (unpaired) electrons. The molecule has 0 spiro atoms. The molecule has 9 heteroatoms. The van der Waals surface area contributed by atoms with Gasteiger partial charge >= 0.3 is 6.18 Å². The fraction of sp³-hybridized carbons (Fsp3) is 0.600. The summed E-state index contributed by atoms with van der Waals surface area (Å²) < 4.78 is 65.3. The summed E-state index contributed by atoms with van der Waals surface area (Å²) in [5.74, 6) is 0.123. The van der Waals surface area contributed by atoms with E-state index in [0.29, 0.717) is 6.54 Å². The summed E-state index contributed by atoms with van der Waals surface area (Å²) in [5.41, 5.74) is 4.96. The van der Waals surface area contributed by atoms with Crippen LogP contribution in [0.4, 0.5) is 13.2 Å². The predicted molar refractivity (Wildman–Crippen MR) is 88.6 cm³/mol. The highest BCUT2D eigenvalue weighted by Gasteiger charge is 2.38. The van der Waals surface area contributed by atoms with Gasteiger partial charge in [0.15, 0.2) is 0 Å². The normalized spacial score (nSPS) is 22.9. The van der Waals surface area contributed by atoms with Gasteiger partial charge in [-0.3, -0.25) is 0 Å². The number of nitrogens with zero attached hydrogens (tertiary/aromatic N) is 1. The number of aryl methyl sites for hydroxylation is 1. The van der Waals surface area contributed by atoms with Gasteiger partial charge in [0, 0.05) is 19.1 Å². The summed E-state index contributed by atoms with van der Waals surface area (Å²) in [6.07, 6.45) is -2.89. The Bertz CT molecular complexity index is 680. The van der Waals surface area contributed by atoms with Crippen LogP contribution in [0.5, 0.6) is 0 Å². The van der Waals surface area contributed by atoms with E-state index in [4.69, 9.17) is 5.73 Å². The Morgan fingerprint density at radius 1 is 1.33 bits per heavy atom. The molecule has 2 unspecified atom stereocenters. The minimum absolute atomic E-state index is 0. The van der Waals surface area contributed by atoms with E-state index in [0.717, 1.165) is 31.0 Å². The van der Waals surface area contributed by atoms with Gasteiger partial charge in [0.1, 0.15) is 0 Å². The van der Waals surface area contributed by atoms with Crippen molar-refractivity contribution in [2.24, 2.45) is 11.7 Å². The lowest BCUT2D eigenvalue weighted by atomic mass is 9.93. The summed E-state index contributed by atoms with van der Waals surface area (Å²) >= 11 is 0. The molecule has 0 aromatic heterocycles. The fourth-order valence-corrected chi connectivity index (χ4v) is 5.08. The van der Waals surface area contributed by atoms with Crippen LogP contribution in [0, 0.1) is 12.8 Å². The first kappa shape index (κ1) is 21.2. The van der Waals surface area contributed by atoms with Crippen molar-refractivity contribution in [2.45, 2.75) is 43.8 Å². The third-order valence-corrected chi connectivity index (χ3v) is 6.48. The second-order valence-corrected chi connectivity index (χ2v) is 7.88. The molecule has 1 fully saturated rings. The van der Waals surface area contributed by atoms with Crippen molar-refractivity contribution in [3.05, 3.63) is 29.3 Å². The van der Waals surface area contributed by atoms with Crippen LogP contribution in [0.25, 0.3) is 0 Å². The van der Waals surface area contributed by atoms with Gasteiger partial charge in [-0.25, -0.2) is 8.42 Å². The molecule has 138 valence electrons. The van der Waals surface area contributed by atoms with E-state index in [9.17, 15) is 21.6 Å². The summed E-state index contributed by atoms with van der Waals surface area (Å²) in [6.45, 7) is 3.86. The smallest absolute Gasteiger partial charge is 0.329 e. The number of benzene rings is 1. The van der Waals surface area contributed by atoms with Crippen LogP contribution in [0.15, 0.2) is 23.1 Å². The van der Waals surface area contributed by atoms with Crippen molar-refractivity contribution in [1.29, 1.82) is 0 Å². The van der Waals surface area contributed by atoms with E-state index >= 15 is 0 Å². The number of piperidine rings is 1. The molecule has 1 saturated heterocycles. The van der Waals surface area contributed by atoms with Crippen molar-refractivity contribution in [1.82, 2.24) is 4.31 Å². The van der Waals surface area contributed by atoms with Crippen LogP contribution in [0.3, 0.4) is 0 Å². The van der Waals surface area contributed by atoms with Crippen molar-refractivity contribution in [3.8, 4) is 0 Å². The Balaban J connectivity index is 0.00000288. The molecule has 1 aromatic rings. The van der Waals surface area contributed by atoms with E-state index in [1.165, 1.54) is 11.2 Å². The molecule has 0 bridgehead atoms. The zero-order valence-corrected chi connectivity index (χ0v) is 15.1. The molecular formula is C15H22ClF3N2O2S. The van der Waals surface area contributed by atoms with Crippen molar-refractivity contribution < 1.29 is 21.6 Å². The number of alkyl halides is 3. The lowest BCUT2D eigenvalue weighted by Crippen LogP contribution is -2.51. The van der Waals surface area contributed by atoms with Crippen LogP contribution in [0.1, 0.15) is 30.9 Å². The summed E-state index contributed by atoms with van der Waals surface area (Å²) in [7, 11) is -3.86. The molecule has 1 aliphatic heterocycles. The zero-order valence-electron chi connectivity index (χ0n) is 13.5. The van der Waals surface area contributed by atoms with Gasteiger partial charge < -0.3 is 5.73 Å². The van der Waals surface area contributed by atoms with Gasteiger partial charge in [0.2, 0.25) is 10.0 Å². The molecule has 1 aliphatic rings. The number of halogens is 4. The van der Waals surface area contributed by atoms with E-state index < -0.39 is 21.8 Å². The second-order valence-electron chi connectivity index (χ2n) is 6.02. The van der Waals surface area contributed by atoms with Crippen molar-refractivity contribution in [3.63, 3.8) is 0 Å². The molecule has 0 amide bonds. The molecule has 0 aliphatic carbocycles. The number of rotatable bonds is 3. The molecule has 2 rings (SSSR count). The topological polar surface area (TPSA) is 63.4 Å². The highest BCUT2D eigenvalue weighted by atomic mass is 35.5. The Morgan fingerprint density at radius 3 is 2.46 bits per heavy atom. The third-order valence-electron chi connectivity index (χ3n) is 4.40. The molecule has 2 atom stereocenters. The summed E-state index contributed by atoms with van der Waals surface area (Å²) in [6, 6.07) is 2.40. The van der Waals surface area contributed by atoms with Crippen LogP contribution in [-0.4, -0.2) is 31.9 Å². The minimum atomic E-state index is -4.49. The molecule has 1 heterocycles. The van der Waals surface area contributed by atoms with Gasteiger partial charge in [-0.05, 0) is 49.4 Å². The SMILES string of the molecule is Cc1cc(C(F)(F)F)ccc1S(=O)(=O)N1CCCC(C)C1CN.Cl. The van der Waals surface area contributed by atoms with E-state index in [2.05, 4.69) is 0 Å². The van der Waals surface area contributed by atoms with E-state index in [1.807, 2.05) is 6.92 Å². The lowest BCUT2D eigenvalue weighted by molar-refractivity contribution is -0.137. The van der Waals surface area contributed by atoms with Crippen molar-refractivity contribution >= 4 is 22.4 Å². The molecule has 24 heavy (non-hydrogen) atoms. The van der Waals surface area contributed by atoms with Crippen LogP contribution in [0.2, 0.25) is 0 Å². The zero-order chi connectivity index (χ0) is 17.4. The summed E-state index contributed by atoms with van der Waals surface area (Å²) in [5, 5.41) is 0. The maximum Gasteiger partial charge on any atom is 0.416 e. The molecule has 2 N–H and O–H groups in total. The monoisotopic (exact) mass is 386 g/mol. The second kappa shape index (κ2) is 7.59. The number of hydrogen-bond donors (Lipinski definition) is 1. The van der Waals surface area contributed by atoms with E-state index in [1.54, 1.807) is 0 Å². The van der Waals surface area contributed by atoms with Crippen molar-refractivity contribution in [2.75, 3.05) is 13.1 Å². The number of sulfonamides is 1. The quantitative estimate of drug-likeness (QED) is 0.867. The average Bonchev–Trinajstić information content (AvgIpc) is 2.45. The number of nitrogens with two attached hydrogens (primary N) is 1. The first-order valence-electron chi connectivity index (χ1n) is 7.48. The molecule has 1 aromatic carbocycles. The Kier molecular flexibility index (Phi) is 6.71. The largest absolute Gasteiger partial charge is 0.416 e. The lowest BCUT2D eigenvalue weighted by Gasteiger charge is -2.38. The molecular weight excluding hydrogens is 365 g/mol. The molecule has 0 saturated carbocycles. The first-order valence-corrected chi connectivity index (χ1v) is 8.92. The molecule has 4 nitrogen and oxygen atoms in total. The minimum Gasteiger partial charge on any atom is -0.329 e. The Hall–Kier alpha value is -0.830. The Morgan fingerprint density at radius 2 is 1.96 bits per heavy atom. The third kappa shape index (κ3) is 4.04. The van der Waals surface area contributed by atoms with Crippen LogP contribution in [-0.2, 0) is 16.2 Å². The van der Waals surface area contributed by atoms with Crippen LogP contribution < -0.4 is 5.73 Å². The average molecular weight is 387 g/mol. The van der Waals surface area contributed by atoms with Crippen LogP contribution >= 0.6 is 12.4 Å². The van der Waals surface area contributed by atoms with Gasteiger partial charge in [-0.1, -0.05) is 6.92 Å². The maximum absolute atomic E-state index is 12.9. The maximum atomic E-state index is 12.9. The standard InChI is InChI=1S/C15H21F3N2O2S.ClH/c1-10-4-3-7-20(13(10)9-19)23(21,22)14-6-5-12(8-11(14)2)15(16,17)18;/h5-6,8,10,13H,3-4,7,9,19H2,1-2H3;1H. The Labute approximate surface area is 146 Å². The highest BCUT2D eigenvalue weighted by molar-refractivity contribution is 7.89.